The second kappa shape index (κ2) is 3.87. The summed E-state index contributed by atoms with van der Waals surface area (Å²) in [5.41, 5.74) is -0.821. The molecule has 6 heteroatoms. The van der Waals surface area contributed by atoms with E-state index in [2.05, 4.69) is 4.98 Å². The van der Waals surface area contributed by atoms with Gasteiger partial charge in [0.1, 0.15) is 0 Å². The fourth-order valence-electron chi connectivity index (χ4n) is 2.02. The third kappa shape index (κ3) is 1.88. The van der Waals surface area contributed by atoms with Crippen LogP contribution < -0.4 is 0 Å². The molecule has 1 aromatic heterocycles. The standard InChI is InChI=1S/C10H16N2O3S/c1-2-4-10(13)7-12(8-10)16(14,15)9-3-5-11-6-9/h3,5-6,11,13H,2,4,7-8H2,1H3. The highest BCUT2D eigenvalue weighted by molar-refractivity contribution is 7.89. The summed E-state index contributed by atoms with van der Waals surface area (Å²) in [6.45, 7) is 2.38. The Hall–Kier alpha value is -0.850. The second-order valence-electron chi connectivity index (χ2n) is 4.29. The first-order chi connectivity index (χ1) is 7.48. The zero-order chi connectivity index (χ0) is 11.8. The van der Waals surface area contributed by atoms with Gasteiger partial charge in [0.25, 0.3) is 0 Å². The number of hydrogen-bond acceptors (Lipinski definition) is 3. The number of H-pyrrole nitrogens is 1. The topological polar surface area (TPSA) is 73.4 Å². The second-order valence-corrected chi connectivity index (χ2v) is 6.23. The van der Waals surface area contributed by atoms with Gasteiger partial charge in [0.15, 0.2) is 0 Å². The third-order valence-electron chi connectivity index (χ3n) is 2.86. The molecule has 0 aliphatic carbocycles. The summed E-state index contributed by atoms with van der Waals surface area (Å²) in [5.74, 6) is 0. The minimum absolute atomic E-state index is 0.203. The van der Waals surface area contributed by atoms with Gasteiger partial charge < -0.3 is 10.1 Å². The van der Waals surface area contributed by atoms with E-state index < -0.39 is 15.6 Å². The lowest BCUT2D eigenvalue weighted by atomic mass is 9.92. The number of nitrogens with zero attached hydrogens (tertiary/aromatic N) is 1. The Morgan fingerprint density at radius 1 is 1.56 bits per heavy atom. The van der Waals surface area contributed by atoms with Gasteiger partial charge in [-0.15, -0.1) is 0 Å². The first-order valence-corrected chi connectivity index (χ1v) is 6.77. The summed E-state index contributed by atoms with van der Waals surface area (Å²) < 4.78 is 25.2. The number of aromatic nitrogens is 1. The summed E-state index contributed by atoms with van der Waals surface area (Å²) in [7, 11) is -3.41. The van der Waals surface area contributed by atoms with Crippen molar-refractivity contribution < 1.29 is 13.5 Å². The lowest BCUT2D eigenvalue weighted by molar-refractivity contribution is -0.0653. The largest absolute Gasteiger partial charge is 0.387 e. The lowest BCUT2D eigenvalue weighted by Crippen LogP contribution is -2.63. The van der Waals surface area contributed by atoms with Gasteiger partial charge in [0, 0.05) is 25.5 Å². The molecule has 1 aromatic rings. The summed E-state index contributed by atoms with van der Waals surface area (Å²) >= 11 is 0. The van der Waals surface area contributed by atoms with Gasteiger partial charge in [0.2, 0.25) is 10.0 Å². The van der Waals surface area contributed by atoms with Crippen LogP contribution in [0.5, 0.6) is 0 Å². The molecule has 0 bridgehead atoms. The van der Waals surface area contributed by atoms with Crippen LogP contribution in [0.2, 0.25) is 0 Å². The minimum Gasteiger partial charge on any atom is -0.387 e. The van der Waals surface area contributed by atoms with Gasteiger partial charge >= 0.3 is 0 Å². The Kier molecular flexibility index (Phi) is 2.81. The molecule has 1 fully saturated rings. The van der Waals surface area contributed by atoms with E-state index in [1.807, 2.05) is 6.92 Å². The molecule has 2 N–H and O–H groups in total. The van der Waals surface area contributed by atoms with Gasteiger partial charge in [-0.3, -0.25) is 0 Å². The van der Waals surface area contributed by atoms with Crippen LogP contribution in [0.15, 0.2) is 23.4 Å². The highest BCUT2D eigenvalue weighted by Gasteiger charge is 2.46. The van der Waals surface area contributed by atoms with Crippen molar-refractivity contribution in [2.24, 2.45) is 0 Å². The van der Waals surface area contributed by atoms with E-state index in [0.29, 0.717) is 6.42 Å². The van der Waals surface area contributed by atoms with Gasteiger partial charge in [-0.25, -0.2) is 8.42 Å². The van der Waals surface area contributed by atoms with E-state index in [1.54, 1.807) is 6.20 Å². The zero-order valence-corrected chi connectivity index (χ0v) is 10.00. The van der Waals surface area contributed by atoms with Crippen molar-refractivity contribution in [2.75, 3.05) is 13.1 Å². The Balaban J connectivity index is 2.08. The van der Waals surface area contributed by atoms with Crippen LogP contribution in [0.4, 0.5) is 0 Å². The Morgan fingerprint density at radius 2 is 2.25 bits per heavy atom. The molecule has 0 saturated carbocycles. The predicted octanol–water partition coefficient (Wildman–Crippen LogP) is 0.550. The highest BCUT2D eigenvalue weighted by atomic mass is 32.2. The summed E-state index contributed by atoms with van der Waals surface area (Å²) in [6.07, 6.45) is 4.53. The van der Waals surface area contributed by atoms with E-state index in [-0.39, 0.29) is 18.0 Å². The van der Waals surface area contributed by atoms with Gasteiger partial charge in [-0.1, -0.05) is 13.3 Å². The van der Waals surface area contributed by atoms with Gasteiger partial charge in [-0.2, -0.15) is 4.31 Å². The Labute approximate surface area is 95.1 Å². The lowest BCUT2D eigenvalue weighted by Gasteiger charge is -2.45. The normalized spacial score (nSPS) is 20.6. The fourth-order valence-corrected chi connectivity index (χ4v) is 3.60. The van der Waals surface area contributed by atoms with Crippen molar-refractivity contribution in [1.29, 1.82) is 0 Å². The molecule has 90 valence electrons. The van der Waals surface area contributed by atoms with E-state index in [0.717, 1.165) is 6.42 Å². The van der Waals surface area contributed by atoms with E-state index in [9.17, 15) is 13.5 Å². The molecule has 2 rings (SSSR count). The number of aromatic amines is 1. The highest BCUT2D eigenvalue weighted by Crippen LogP contribution is 2.30. The Bertz CT molecular complexity index is 446. The number of nitrogens with one attached hydrogen (secondary N) is 1. The van der Waals surface area contributed by atoms with Crippen LogP contribution in [-0.2, 0) is 10.0 Å². The number of rotatable bonds is 4. The third-order valence-corrected chi connectivity index (χ3v) is 4.65. The number of sulfonamides is 1. The molecule has 2 heterocycles. The molecule has 0 atom stereocenters. The predicted molar refractivity (Wildman–Crippen MR) is 59.4 cm³/mol. The average molecular weight is 244 g/mol. The molecule has 1 saturated heterocycles. The van der Waals surface area contributed by atoms with Crippen LogP contribution in [0.3, 0.4) is 0 Å². The summed E-state index contributed by atoms with van der Waals surface area (Å²) in [5, 5.41) is 9.93. The fraction of sp³-hybridized carbons (Fsp3) is 0.600. The molecular formula is C10H16N2O3S. The molecule has 0 amide bonds. The maximum Gasteiger partial charge on any atom is 0.244 e. The van der Waals surface area contributed by atoms with Crippen LogP contribution in [0.1, 0.15) is 19.8 Å². The molecule has 0 aromatic carbocycles. The summed E-state index contributed by atoms with van der Waals surface area (Å²) in [4.78, 5) is 2.97. The minimum atomic E-state index is -3.41. The van der Waals surface area contributed by atoms with Crippen LogP contribution >= 0.6 is 0 Å². The van der Waals surface area contributed by atoms with Crippen molar-refractivity contribution in [2.45, 2.75) is 30.3 Å². The molecule has 0 spiro atoms. The molecule has 5 nitrogen and oxygen atoms in total. The molecule has 1 aliphatic rings. The number of hydrogen-bond donors (Lipinski definition) is 2. The van der Waals surface area contributed by atoms with Crippen molar-refractivity contribution in [3.05, 3.63) is 18.5 Å². The number of β-amino-alcohol motifs (C(OH)–C–C–N with tert-alkyl or cyclic N) is 1. The van der Waals surface area contributed by atoms with Crippen LogP contribution in [-0.4, -0.2) is 41.5 Å². The smallest absolute Gasteiger partial charge is 0.244 e. The molecule has 16 heavy (non-hydrogen) atoms. The van der Waals surface area contributed by atoms with Crippen LogP contribution in [0, 0.1) is 0 Å². The Morgan fingerprint density at radius 3 is 2.75 bits per heavy atom. The quantitative estimate of drug-likeness (QED) is 0.812. The van der Waals surface area contributed by atoms with Gasteiger partial charge in [0.05, 0.1) is 10.5 Å². The van der Waals surface area contributed by atoms with Crippen molar-refractivity contribution in [3.8, 4) is 0 Å². The number of aliphatic hydroxyl groups is 1. The van der Waals surface area contributed by atoms with Crippen molar-refractivity contribution in [1.82, 2.24) is 9.29 Å². The van der Waals surface area contributed by atoms with Crippen molar-refractivity contribution >= 4 is 10.0 Å². The van der Waals surface area contributed by atoms with Gasteiger partial charge in [-0.05, 0) is 12.5 Å². The maximum absolute atomic E-state index is 12.0. The van der Waals surface area contributed by atoms with E-state index in [4.69, 9.17) is 0 Å². The maximum atomic E-state index is 12.0. The zero-order valence-electron chi connectivity index (χ0n) is 9.18. The molecule has 0 radical (unpaired) electrons. The first-order valence-electron chi connectivity index (χ1n) is 5.33. The molecule has 0 unspecified atom stereocenters. The monoisotopic (exact) mass is 244 g/mol. The summed E-state index contributed by atoms with van der Waals surface area (Å²) in [6, 6.07) is 1.52. The average Bonchev–Trinajstić information content (AvgIpc) is 2.67. The molecular weight excluding hydrogens is 228 g/mol. The van der Waals surface area contributed by atoms with Crippen LogP contribution in [0.25, 0.3) is 0 Å². The molecule has 1 aliphatic heterocycles. The van der Waals surface area contributed by atoms with E-state index in [1.165, 1.54) is 16.6 Å². The van der Waals surface area contributed by atoms with E-state index >= 15 is 0 Å². The van der Waals surface area contributed by atoms with Crippen molar-refractivity contribution in [3.63, 3.8) is 0 Å². The first kappa shape index (κ1) is 11.6. The SMILES string of the molecule is CCCC1(O)CN(S(=O)(=O)c2cc[nH]c2)C1.